The standard InChI is InChI=1S/C58H69F3N12O8/c1-35(2)51(67-48(74)13-8-7-9-22-72-49(75)18-19-50(72)76)53(78)64-38(5)52(77)65-42-16-14-39(15-17-42)33-81-56(80)71(23-11-20-62)46-26-41(57(28-37(4)29-57)55-68-63-34-69(55)6)27-47(66-46)73-32-44-43(54(73)79)24-40(25-45(44)58(59,60)61)31-70-21-10-12-36(3)30-70/h14-19,24-27,34-38,51H,7-13,21-23,28-33H2,1-6H3,(H,64,78)(H,65,77)(H,67,74)/t36-,37-,38-,51-,57+/m0/s1. The van der Waals surface area contributed by atoms with Gasteiger partial charge in [0.1, 0.15) is 42.5 Å². The summed E-state index contributed by atoms with van der Waals surface area (Å²) in [4.78, 5) is 102. The zero-order valence-electron chi connectivity index (χ0n) is 46.5. The van der Waals surface area contributed by atoms with Crippen LogP contribution in [-0.2, 0) is 67.0 Å². The van der Waals surface area contributed by atoms with E-state index >= 15 is 0 Å². The van der Waals surface area contributed by atoms with Crippen LogP contribution in [0, 0.1) is 29.1 Å². The molecule has 0 unspecified atom stereocenters. The molecule has 4 aliphatic rings. The van der Waals surface area contributed by atoms with Crippen LogP contribution in [0.3, 0.4) is 0 Å². The number of nitrogens with zero attached hydrogens (tertiary/aromatic N) is 9. The zero-order chi connectivity index (χ0) is 58.3. The van der Waals surface area contributed by atoms with Crippen LogP contribution in [0.1, 0.15) is 136 Å². The monoisotopic (exact) mass is 1120 g/mol. The van der Waals surface area contributed by atoms with Crippen LogP contribution in [-0.4, -0.2) is 109 Å². The average Bonchev–Trinajstić information content (AvgIpc) is 3.06. The topological polar surface area (TPSA) is 245 Å². The molecule has 1 aliphatic carbocycles. The third-order valence-corrected chi connectivity index (χ3v) is 15.4. The van der Waals surface area contributed by atoms with Crippen LogP contribution in [0.5, 0.6) is 0 Å². The van der Waals surface area contributed by atoms with Crippen molar-refractivity contribution in [2.24, 2.45) is 24.8 Å². The molecular weight excluding hydrogens is 1050 g/mol. The number of pyridine rings is 1. The molecule has 81 heavy (non-hydrogen) atoms. The van der Waals surface area contributed by atoms with Crippen molar-refractivity contribution in [3.63, 3.8) is 0 Å². The lowest BCUT2D eigenvalue weighted by molar-refractivity contribution is -0.138. The average molecular weight is 1120 g/mol. The summed E-state index contributed by atoms with van der Waals surface area (Å²) in [5, 5.41) is 26.6. The number of carbonyl (C=O) groups is 7. The molecule has 3 N–H and O–H groups in total. The van der Waals surface area contributed by atoms with Crippen molar-refractivity contribution in [2.75, 3.05) is 41.3 Å². The molecule has 1 saturated carbocycles. The molecule has 8 rings (SSSR count). The number of aromatic nitrogens is 4. The molecule has 7 amide bonds. The minimum absolute atomic E-state index is 0.00254. The van der Waals surface area contributed by atoms with E-state index in [4.69, 9.17) is 9.72 Å². The normalized spacial score (nSPS) is 19.7. The zero-order valence-corrected chi connectivity index (χ0v) is 46.5. The van der Waals surface area contributed by atoms with Crippen LogP contribution in [0.2, 0.25) is 0 Å². The summed E-state index contributed by atoms with van der Waals surface area (Å²) in [6.07, 6.45) is 3.04. The maximum absolute atomic E-state index is 15.0. The van der Waals surface area contributed by atoms with Crippen molar-refractivity contribution in [3.8, 4) is 6.07 Å². The lowest BCUT2D eigenvalue weighted by Crippen LogP contribution is -2.53. The van der Waals surface area contributed by atoms with Crippen LogP contribution in [0.4, 0.5) is 35.3 Å². The van der Waals surface area contributed by atoms with Crippen molar-refractivity contribution in [3.05, 3.63) is 106 Å². The highest BCUT2D eigenvalue weighted by molar-refractivity contribution is 6.13. The molecule has 2 aromatic carbocycles. The van der Waals surface area contributed by atoms with Crippen LogP contribution < -0.4 is 25.8 Å². The van der Waals surface area contributed by atoms with Gasteiger partial charge in [-0.1, -0.05) is 46.2 Å². The van der Waals surface area contributed by atoms with Crippen molar-refractivity contribution < 1.29 is 51.5 Å². The molecule has 5 heterocycles. The molecule has 2 aromatic heterocycles. The molecule has 0 radical (unpaired) electrons. The second-order valence-corrected chi connectivity index (χ2v) is 22.3. The lowest BCUT2D eigenvalue weighted by atomic mass is 9.58. The highest BCUT2D eigenvalue weighted by Crippen LogP contribution is 2.53. The number of hydrogen-bond donors (Lipinski definition) is 3. The van der Waals surface area contributed by atoms with Crippen molar-refractivity contribution in [1.82, 2.24) is 40.2 Å². The molecule has 430 valence electrons. The van der Waals surface area contributed by atoms with E-state index in [1.165, 1.54) is 28.9 Å². The first-order valence-electron chi connectivity index (χ1n) is 27.5. The Balaban J connectivity index is 0.945. The number of anilines is 3. The predicted molar refractivity (Wildman–Crippen MR) is 292 cm³/mol. The maximum atomic E-state index is 15.0. The number of likely N-dealkylation sites (tertiary alicyclic amines) is 1. The number of imide groups is 1. The second kappa shape index (κ2) is 25.2. The number of nitriles is 1. The minimum atomic E-state index is -4.76. The number of nitrogens with one attached hydrogen (secondary N) is 3. The number of fused-ring (bicyclic) bond motifs is 1. The van der Waals surface area contributed by atoms with Crippen molar-refractivity contribution in [1.29, 1.82) is 5.26 Å². The first-order valence-corrected chi connectivity index (χ1v) is 27.5. The molecule has 0 bridgehead atoms. The fourth-order valence-electron chi connectivity index (χ4n) is 11.3. The van der Waals surface area contributed by atoms with Crippen LogP contribution in [0.25, 0.3) is 0 Å². The minimum Gasteiger partial charge on any atom is -0.444 e. The van der Waals surface area contributed by atoms with Crippen molar-refractivity contribution in [2.45, 2.75) is 136 Å². The number of halogens is 3. The van der Waals surface area contributed by atoms with Gasteiger partial charge < -0.3 is 25.3 Å². The molecule has 3 atom stereocenters. The number of alkyl halides is 3. The number of carbonyl (C=O) groups excluding carboxylic acids is 7. The number of amides is 7. The van der Waals surface area contributed by atoms with Gasteiger partial charge in [0.05, 0.1) is 30.0 Å². The van der Waals surface area contributed by atoms with Crippen LogP contribution in [0.15, 0.2) is 67.0 Å². The van der Waals surface area contributed by atoms with E-state index in [2.05, 4.69) is 51.0 Å². The fraction of sp³-hybridized carbons (Fsp3) is 0.500. The molecular formula is C58H69F3N12O8. The fourth-order valence-corrected chi connectivity index (χ4v) is 11.3. The Hall–Kier alpha value is -8.00. The molecule has 1 saturated heterocycles. The molecule has 23 heteroatoms. The summed E-state index contributed by atoms with van der Waals surface area (Å²) in [6, 6.07) is 12.5. The molecule has 4 aromatic rings. The predicted octanol–water partition coefficient (Wildman–Crippen LogP) is 7.46. The largest absolute Gasteiger partial charge is 0.444 e. The lowest BCUT2D eigenvalue weighted by Gasteiger charge is -2.46. The van der Waals surface area contributed by atoms with Crippen LogP contribution >= 0.6 is 0 Å². The number of rotatable bonds is 22. The Labute approximate surface area is 468 Å². The first kappa shape index (κ1) is 59.1. The smallest absolute Gasteiger partial charge is 0.416 e. The van der Waals surface area contributed by atoms with Gasteiger partial charge in [0.25, 0.3) is 17.7 Å². The van der Waals surface area contributed by atoms with Gasteiger partial charge in [-0.25, -0.2) is 9.78 Å². The van der Waals surface area contributed by atoms with E-state index in [1.807, 2.05) is 0 Å². The van der Waals surface area contributed by atoms with Gasteiger partial charge in [0, 0.05) is 63.1 Å². The number of benzene rings is 2. The van der Waals surface area contributed by atoms with Gasteiger partial charge in [-0.3, -0.25) is 48.4 Å². The van der Waals surface area contributed by atoms with Gasteiger partial charge in [-0.15, -0.1) is 10.2 Å². The molecule has 2 fully saturated rings. The quantitative estimate of drug-likeness (QED) is 0.0512. The third-order valence-electron chi connectivity index (χ3n) is 15.4. The second-order valence-electron chi connectivity index (χ2n) is 22.3. The van der Waals surface area contributed by atoms with E-state index < -0.39 is 59.6 Å². The molecule has 3 aliphatic heterocycles. The van der Waals surface area contributed by atoms with E-state index in [-0.39, 0.29) is 91.4 Å². The maximum Gasteiger partial charge on any atom is 0.416 e. The Kier molecular flexibility index (Phi) is 18.4. The highest BCUT2D eigenvalue weighted by Gasteiger charge is 2.49. The Morgan fingerprint density at radius 1 is 0.926 bits per heavy atom. The van der Waals surface area contributed by atoms with Gasteiger partial charge in [0.2, 0.25) is 17.7 Å². The molecule has 20 nitrogen and oxygen atoms in total. The van der Waals surface area contributed by atoms with Gasteiger partial charge in [-0.2, -0.15) is 18.4 Å². The number of aryl methyl sites for hydroxylation is 1. The van der Waals surface area contributed by atoms with Crippen molar-refractivity contribution >= 4 is 58.9 Å². The highest BCUT2D eigenvalue weighted by atomic mass is 19.4. The first-order chi connectivity index (χ1) is 38.5. The van der Waals surface area contributed by atoms with E-state index in [9.17, 15) is 52.0 Å². The summed E-state index contributed by atoms with van der Waals surface area (Å²) in [5.41, 5.74) is -0.0737. The van der Waals surface area contributed by atoms with E-state index in [1.54, 1.807) is 74.3 Å². The number of hydrogen-bond acceptors (Lipinski definition) is 13. The van der Waals surface area contributed by atoms with Gasteiger partial charge >= 0.3 is 12.3 Å². The Morgan fingerprint density at radius 3 is 2.30 bits per heavy atom. The summed E-state index contributed by atoms with van der Waals surface area (Å²) in [5.74, 6) is -1.94. The molecule has 0 spiro atoms. The summed E-state index contributed by atoms with van der Waals surface area (Å²) in [6.45, 7) is 10.3. The summed E-state index contributed by atoms with van der Waals surface area (Å²) < 4.78 is 52.5. The number of piperidine rings is 1. The SMILES string of the molecule is CC(C)[C@H](NC(=O)CCCCCN1C(=O)C=CC1=O)C(=O)N[C@@H](C)C(=O)Nc1ccc(COC(=O)N(CCC#N)c2cc([C@]3(c4nncn4C)C[C@@H](C)C3)cc(N3Cc4c(cc(CN5CCC[C@H](C)C5)cc4C(F)(F)F)C3=O)n2)cc1. The van der Waals surface area contributed by atoms with E-state index in [0.717, 1.165) is 36.9 Å². The third kappa shape index (κ3) is 13.8. The Morgan fingerprint density at radius 2 is 1.65 bits per heavy atom. The summed E-state index contributed by atoms with van der Waals surface area (Å²) >= 11 is 0. The Bertz CT molecular complexity index is 3090. The number of ether oxygens (including phenoxy) is 1. The van der Waals surface area contributed by atoms with Gasteiger partial charge in [0.15, 0.2) is 0 Å². The number of unbranched alkanes of at least 4 members (excludes halogenated alkanes) is 2. The summed E-state index contributed by atoms with van der Waals surface area (Å²) in [7, 11) is 1.80. The van der Waals surface area contributed by atoms with Gasteiger partial charge in [-0.05, 0) is 128 Å². The van der Waals surface area contributed by atoms with E-state index in [0.29, 0.717) is 66.2 Å².